The van der Waals surface area contributed by atoms with Crippen molar-refractivity contribution in [2.75, 3.05) is 32.6 Å². The maximum Gasteiger partial charge on any atom is 0.252 e. The summed E-state index contributed by atoms with van der Waals surface area (Å²) in [5.41, 5.74) is 0.620. The maximum absolute atomic E-state index is 12.7. The van der Waals surface area contributed by atoms with Crippen molar-refractivity contribution in [1.29, 1.82) is 0 Å². The summed E-state index contributed by atoms with van der Waals surface area (Å²) >= 11 is 1.38. The second-order valence-electron chi connectivity index (χ2n) is 6.09. The van der Waals surface area contributed by atoms with E-state index >= 15 is 0 Å². The van der Waals surface area contributed by atoms with Crippen LogP contribution in [0.3, 0.4) is 0 Å². The second-order valence-corrected chi connectivity index (χ2v) is 7.11. The molecular formula is C18H28ClN3O3S. The highest BCUT2D eigenvalue weighted by Gasteiger charge is 2.23. The third kappa shape index (κ3) is 7.15. The van der Waals surface area contributed by atoms with E-state index in [9.17, 15) is 9.59 Å². The van der Waals surface area contributed by atoms with Gasteiger partial charge < -0.3 is 20.7 Å². The van der Waals surface area contributed by atoms with E-state index in [1.54, 1.807) is 13.2 Å². The average molecular weight is 402 g/mol. The molecule has 1 aromatic rings. The Morgan fingerprint density at radius 3 is 2.85 bits per heavy atom. The first kappa shape index (κ1) is 22.8. The molecule has 6 nitrogen and oxygen atoms in total. The summed E-state index contributed by atoms with van der Waals surface area (Å²) < 4.78 is 4.91. The maximum atomic E-state index is 12.7. The zero-order valence-corrected chi connectivity index (χ0v) is 16.9. The van der Waals surface area contributed by atoms with Gasteiger partial charge in [-0.2, -0.15) is 0 Å². The van der Waals surface area contributed by atoms with Crippen molar-refractivity contribution < 1.29 is 14.3 Å². The minimum absolute atomic E-state index is 0. The molecule has 146 valence electrons. The van der Waals surface area contributed by atoms with E-state index in [-0.39, 0.29) is 42.1 Å². The lowest BCUT2D eigenvalue weighted by Gasteiger charge is -2.30. The number of halogens is 1. The SMILES string of the molecule is COCCNC(=O)CSc1ccccc1C(=O)NC1CCCNC1C.Cl. The van der Waals surface area contributed by atoms with Crippen molar-refractivity contribution in [3.8, 4) is 0 Å². The Morgan fingerprint density at radius 2 is 2.12 bits per heavy atom. The molecule has 2 unspecified atom stereocenters. The molecule has 2 rings (SSSR count). The van der Waals surface area contributed by atoms with E-state index in [1.165, 1.54) is 11.8 Å². The lowest BCUT2D eigenvalue weighted by Crippen LogP contribution is -2.51. The monoisotopic (exact) mass is 401 g/mol. The Kier molecular flexibility index (Phi) is 10.7. The summed E-state index contributed by atoms with van der Waals surface area (Å²) in [6, 6.07) is 7.82. The van der Waals surface area contributed by atoms with E-state index in [0.29, 0.717) is 18.7 Å². The molecule has 0 spiro atoms. The first-order valence-electron chi connectivity index (χ1n) is 8.63. The van der Waals surface area contributed by atoms with Crippen molar-refractivity contribution in [3.63, 3.8) is 0 Å². The van der Waals surface area contributed by atoms with Crippen LogP contribution in [0.1, 0.15) is 30.1 Å². The van der Waals surface area contributed by atoms with Gasteiger partial charge in [-0.1, -0.05) is 12.1 Å². The van der Waals surface area contributed by atoms with Crippen LogP contribution in [0, 0.1) is 0 Å². The molecule has 3 N–H and O–H groups in total. The summed E-state index contributed by atoms with van der Waals surface area (Å²) in [7, 11) is 1.60. The highest BCUT2D eigenvalue weighted by molar-refractivity contribution is 8.00. The van der Waals surface area contributed by atoms with Crippen LogP contribution < -0.4 is 16.0 Å². The van der Waals surface area contributed by atoms with E-state index in [1.807, 2.05) is 18.2 Å². The number of hydrogen-bond donors (Lipinski definition) is 3. The fourth-order valence-electron chi connectivity index (χ4n) is 2.75. The quantitative estimate of drug-likeness (QED) is 0.457. The number of nitrogens with one attached hydrogen (secondary N) is 3. The van der Waals surface area contributed by atoms with Crippen LogP contribution in [0.5, 0.6) is 0 Å². The van der Waals surface area contributed by atoms with Crippen LogP contribution in [0.25, 0.3) is 0 Å². The fraction of sp³-hybridized carbons (Fsp3) is 0.556. The molecule has 0 aliphatic carbocycles. The predicted molar refractivity (Wildman–Crippen MR) is 107 cm³/mol. The molecule has 0 saturated carbocycles. The summed E-state index contributed by atoms with van der Waals surface area (Å²) in [5.74, 6) is 0.126. The minimum Gasteiger partial charge on any atom is -0.383 e. The average Bonchev–Trinajstić information content (AvgIpc) is 2.62. The van der Waals surface area contributed by atoms with Crippen LogP contribution in [-0.2, 0) is 9.53 Å². The van der Waals surface area contributed by atoms with Crippen LogP contribution in [0.15, 0.2) is 29.2 Å². The molecule has 1 aromatic carbocycles. The number of benzene rings is 1. The van der Waals surface area contributed by atoms with E-state index in [4.69, 9.17) is 4.74 Å². The van der Waals surface area contributed by atoms with Gasteiger partial charge in [0.25, 0.3) is 5.91 Å². The largest absolute Gasteiger partial charge is 0.383 e. The lowest BCUT2D eigenvalue weighted by atomic mass is 9.99. The molecule has 1 aliphatic rings. The number of carbonyl (C=O) groups excluding carboxylic acids is 2. The summed E-state index contributed by atoms with van der Waals surface area (Å²) in [5, 5.41) is 9.29. The standard InChI is InChI=1S/C18H27N3O3S.ClH/c1-13-15(7-5-9-19-13)21-18(23)14-6-3-4-8-16(14)25-12-17(22)20-10-11-24-2;/h3-4,6,8,13,15,19H,5,7,9-12H2,1-2H3,(H,20,22)(H,21,23);1H. The van der Waals surface area contributed by atoms with Gasteiger partial charge in [0.2, 0.25) is 5.91 Å². The highest BCUT2D eigenvalue weighted by Crippen LogP contribution is 2.23. The molecule has 0 radical (unpaired) electrons. The van der Waals surface area contributed by atoms with Crippen LogP contribution in [-0.4, -0.2) is 56.5 Å². The van der Waals surface area contributed by atoms with Crippen LogP contribution in [0.2, 0.25) is 0 Å². The molecule has 0 bridgehead atoms. The Morgan fingerprint density at radius 1 is 1.35 bits per heavy atom. The Bertz CT molecular complexity index is 589. The van der Waals surface area contributed by atoms with Gasteiger partial charge in [-0.05, 0) is 38.4 Å². The lowest BCUT2D eigenvalue weighted by molar-refractivity contribution is -0.118. The van der Waals surface area contributed by atoms with E-state index < -0.39 is 0 Å². The van der Waals surface area contributed by atoms with Gasteiger partial charge in [-0.3, -0.25) is 9.59 Å². The van der Waals surface area contributed by atoms with Gasteiger partial charge in [0.1, 0.15) is 0 Å². The Labute approximate surface area is 165 Å². The topological polar surface area (TPSA) is 79.5 Å². The molecule has 8 heteroatoms. The number of methoxy groups -OCH3 is 1. The number of hydrogen-bond acceptors (Lipinski definition) is 5. The molecule has 1 fully saturated rings. The molecule has 2 atom stereocenters. The van der Waals surface area contributed by atoms with Crippen LogP contribution >= 0.6 is 24.2 Å². The van der Waals surface area contributed by atoms with Gasteiger partial charge in [-0.25, -0.2) is 0 Å². The molecule has 1 aliphatic heterocycles. The summed E-state index contributed by atoms with van der Waals surface area (Å²) in [6.07, 6.45) is 2.05. The molecule has 0 aromatic heterocycles. The third-order valence-electron chi connectivity index (χ3n) is 4.20. The van der Waals surface area contributed by atoms with Gasteiger partial charge in [0, 0.05) is 30.6 Å². The van der Waals surface area contributed by atoms with Gasteiger partial charge in [0.15, 0.2) is 0 Å². The molecular weight excluding hydrogens is 374 g/mol. The number of ether oxygens (including phenoxy) is 1. The van der Waals surface area contributed by atoms with Crippen molar-refractivity contribution in [3.05, 3.63) is 29.8 Å². The van der Waals surface area contributed by atoms with E-state index in [0.717, 1.165) is 24.3 Å². The number of thioether (sulfide) groups is 1. The highest BCUT2D eigenvalue weighted by atomic mass is 35.5. The van der Waals surface area contributed by atoms with Crippen LogP contribution in [0.4, 0.5) is 0 Å². The van der Waals surface area contributed by atoms with Crippen molar-refractivity contribution in [2.45, 2.75) is 36.7 Å². The zero-order chi connectivity index (χ0) is 18.1. The Balaban J connectivity index is 0.00000338. The molecule has 1 saturated heterocycles. The Hall–Kier alpha value is -1.28. The first-order valence-corrected chi connectivity index (χ1v) is 9.62. The number of rotatable bonds is 8. The number of carbonyl (C=O) groups is 2. The summed E-state index contributed by atoms with van der Waals surface area (Å²) in [4.78, 5) is 25.3. The third-order valence-corrected chi connectivity index (χ3v) is 5.27. The zero-order valence-electron chi connectivity index (χ0n) is 15.2. The van der Waals surface area contributed by atoms with E-state index in [2.05, 4.69) is 22.9 Å². The van der Waals surface area contributed by atoms with Gasteiger partial charge >= 0.3 is 0 Å². The minimum atomic E-state index is -0.0801. The fourth-order valence-corrected chi connectivity index (χ4v) is 3.63. The summed E-state index contributed by atoms with van der Waals surface area (Å²) in [6.45, 7) is 4.07. The van der Waals surface area contributed by atoms with Gasteiger partial charge in [0.05, 0.1) is 17.9 Å². The normalized spacial score (nSPS) is 19.3. The number of piperidine rings is 1. The molecule has 2 amide bonds. The smallest absolute Gasteiger partial charge is 0.252 e. The van der Waals surface area contributed by atoms with Crippen molar-refractivity contribution in [2.24, 2.45) is 0 Å². The second kappa shape index (κ2) is 12.2. The molecule has 1 heterocycles. The number of amides is 2. The molecule has 26 heavy (non-hydrogen) atoms. The van der Waals surface area contributed by atoms with Crippen molar-refractivity contribution in [1.82, 2.24) is 16.0 Å². The predicted octanol–water partition coefficient (Wildman–Crippen LogP) is 1.83. The van der Waals surface area contributed by atoms with Gasteiger partial charge in [-0.15, -0.1) is 24.2 Å². The van der Waals surface area contributed by atoms with Crippen molar-refractivity contribution >= 4 is 36.0 Å². The first-order chi connectivity index (χ1) is 12.1.